The quantitative estimate of drug-likeness (QED) is 0.337. The smallest absolute Gasteiger partial charge is 0.0692 e. The van der Waals surface area contributed by atoms with Gasteiger partial charge in [-0.3, -0.25) is 0 Å². The third-order valence-corrected chi connectivity index (χ3v) is 2.01. The first kappa shape index (κ1) is 7.32. The monoisotopic (exact) mass is 139 g/mol. The van der Waals surface area contributed by atoms with Crippen molar-refractivity contribution in [3.05, 3.63) is 11.1 Å². The van der Waals surface area contributed by atoms with Gasteiger partial charge in [0.1, 0.15) is 0 Å². The predicted octanol–water partition coefficient (Wildman–Crippen LogP) is 2.34. The van der Waals surface area contributed by atoms with Crippen molar-refractivity contribution in [2.45, 2.75) is 32.6 Å². The molecule has 1 N–H and O–H groups in total. The summed E-state index contributed by atoms with van der Waals surface area (Å²) in [7, 11) is 0. The molecular weight excluding hydrogens is 126 g/mol. The summed E-state index contributed by atoms with van der Waals surface area (Å²) in [5, 5.41) is 11.3. The molecule has 0 saturated carbocycles. The highest BCUT2D eigenvalue weighted by Gasteiger charge is 2.06. The second-order valence-electron chi connectivity index (χ2n) is 2.76. The molecule has 56 valence electrons. The van der Waals surface area contributed by atoms with Crippen molar-refractivity contribution in [2.24, 2.45) is 5.16 Å². The summed E-state index contributed by atoms with van der Waals surface area (Å²) in [6.45, 7) is 2.11. The summed E-state index contributed by atoms with van der Waals surface area (Å²) in [4.78, 5) is 0. The van der Waals surface area contributed by atoms with Gasteiger partial charge in [0.05, 0.1) is 6.21 Å². The van der Waals surface area contributed by atoms with Crippen molar-refractivity contribution in [3.63, 3.8) is 0 Å². The van der Waals surface area contributed by atoms with Gasteiger partial charge < -0.3 is 5.21 Å². The van der Waals surface area contributed by atoms with Crippen LogP contribution in [0.15, 0.2) is 16.3 Å². The average Bonchev–Trinajstić information content (AvgIpc) is 1.94. The largest absolute Gasteiger partial charge is 0.411 e. The van der Waals surface area contributed by atoms with Crippen LogP contribution < -0.4 is 0 Å². The molecule has 2 heteroatoms. The van der Waals surface area contributed by atoms with E-state index in [2.05, 4.69) is 12.1 Å². The van der Waals surface area contributed by atoms with Crippen molar-refractivity contribution >= 4 is 6.21 Å². The van der Waals surface area contributed by atoms with E-state index in [9.17, 15) is 0 Å². The van der Waals surface area contributed by atoms with Gasteiger partial charge in [-0.05, 0) is 38.2 Å². The molecule has 0 aliphatic heterocycles. The SMILES string of the molecule is CC1=C(/C=N/O)CCCC1. The molecule has 0 atom stereocenters. The molecular formula is C8H13NO. The number of hydrogen-bond acceptors (Lipinski definition) is 2. The minimum Gasteiger partial charge on any atom is -0.411 e. The molecule has 1 rings (SSSR count). The van der Waals surface area contributed by atoms with Crippen molar-refractivity contribution in [1.29, 1.82) is 0 Å². The first-order valence-electron chi connectivity index (χ1n) is 3.70. The molecule has 0 unspecified atom stereocenters. The minimum atomic E-state index is 1.08. The van der Waals surface area contributed by atoms with Crippen molar-refractivity contribution in [2.75, 3.05) is 0 Å². The van der Waals surface area contributed by atoms with Crippen LogP contribution in [0.25, 0.3) is 0 Å². The molecule has 0 aromatic carbocycles. The van der Waals surface area contributed by atoms with E-state index < -0.39 is 0 Å². The fourth-order valence-electron chi connectivity index (χ4n) is 1.32. The van der Waals surface area contributed by atoms with Gasteiger partial charge in [-0.15, -0.1) is 0 Å². The topological polar surface area (TPSA) is 32.6 Å². The molecule has 0 amide bonds. The highest BCUT2D eigenvalue weighted by Crippen LogP contribution is 2.22. The third-order valence-electron chi connectivity index (χ3n) is 2.01. The fourth-order valence-corrected chi connectivity index (χ4v) is 1.32. The highest BCUT2D eigenvalue weighted by atomic mass is 16.4. The van der Waals surface area contributed by atoms with E-state index in [1.165, 1.54) is 30.4 Å². The van der Waals surface area contributed by atoms with Gasteiger partial charge in [0.2, 0.25) is 0 Å². The van der Waals surface area contributed by atoms with Crippen LogP contribution >= 0.6 is 0 Å². The van der Waals surface area contributed by atoms with E-state index in [-0.39, 0.29) is 0 Å². The van der Waals surface area contributed by atoms with Gasteiger partial charge in [0.25, 0.3) is 0 Å². The Labute approximate surface area is 61.2 Å². The average molecular weight is 139 g/mol. The zero-order valence-corrected chi connectivity index (χ0v) is 6.30. The number of oxime groups is 1. The second-order valence-corrected chi connectivity index (χ2v) is 2.76. The van der Waals surface area contributed by atoms with Crippen LogP contribution in [0, 0.1) is 0 Å². The summed E-state index contributed by atoms with van der Waals surface area (Å²) in [6, 6.07) is 0. The van der Waals surface area contributed by atoms with Gasteiger partial charge in [-0.1, -0.05) is 10.7 Å². The zero-order valence-electron chi connectivity index (χ0n) is 6.30. The van der Waals surface area contributed by atoms with Crippen LogP contribution in [0.1, 0.15) is 32.6 Å². The molecule has 0 fully saturated rings. The molecule has 0 heterocycles. The number of nitrogens with zero attached hydrogens (tertiary/aromatic N) is 1. The molecule has 2 nitrogen and oxygen atoms in total. The van der Waals surface area contributed by atoms with Crippen LogP contribution in [0.4, 0.5) is 0 Å². The van der Waals surface area contributed by atoms with E-state index >= 15 is 0 Å². The van der Waals surface area contributed by atoms with Crippen LogP contribution in [0.3, 0.4) is 0 Å². The summed E-state index contributed by atoms with van der Waals surface area (Å²) in [5.41, 5.74) is 2.60. The Morgan fingerprint density at radius 1 is 1.40 bits per heavy atom. The first-order valence-corrected chi connectivity index (χ1v) is 3.70. The molecule has 1 aliphatic carbocycles. The van der Waals surface area contributed by atoms with E-state index in [1.54, 1.807) is 6.21 Å². The number of allylic oxidation sites excluding steroid dienone is 2. The van der Waals surface area contributed by atoms with Crippen molar-refractivity contribution < 1.29 is 5.21 Å². The molecule has 0 aromatic heterocycles. The molecule has 1 aliphatic rings. The Kier molecular flexibility index (Phi) is 2.49. The maximum absolute atomic E-state index is 8.27. The highest BCUT2D eigenvalue weighted by molar-refractivity contribution is 5.79. The molecule has 0 saturated heterocycles. The van der Waals surface area contributed by atoms with Gasteiger partial charge in [0, 0.05) is 0 Å². The Morgan fingerprint density at radius 2 is 2.10 bits per heavy atom. The van der Waals surface area contributed by atoms with Gasteiger partial charge in [0.15, 0.2) is 0 Å². The first-order chi connectivity index (χ1) is 4.84. The number of hydrogen-bond donors (Lipinski definition) is 1. The van der Waals surface area contributed by atoms with Crippen LogP contribution in [0.2, 0.25) is 0 Å². The van der Waals surface area contributed by atoms with Gasteiger partial charge in [-0.2, -0.15) is 0 Å². The van der Waals surface area contributed by atoms with Crippen LogP contribution in [0.5, 0.6) is 0 Å². The molecule has 0 spiro atoms. The number of rotatable bonds is 1. The zero-order chi connectivity index (χ0) is 7.40. The maximum atomic E-state index is 8.27. The maximum Gasteiger partial charge on any atom is 0.0692 e. The lowest BCUT2D eigenvalue weighted by molar-refractivity contribution is 0.321. The lowest BCUT2D eigenvalue weighted by Crippen LogP contribution is -1.97. The van der Waals surface area contributed by atoms with E-state index in [1.807, 2.05) is 0 Å². The van der Waals surface area contributed by atoms with E-state index in [0.717, 1.165) is 6.42 Å². The Hall–Kier alpha value is -0.790. The molecule has 0 aromatic rings. The fraction of sp³-hybridized carbons (Fsp3) is 0.625. The normalized spacial score (nSPS) is 20.5. The Morgan fingerprint density at radius 3 is 2.70 bits per heavy atom. The lowest BCUT2D eigenvalue weighted by atomic mass is 9.94. The molecule has 0 bridgehead atoms. The van der Waals surface area contributed by atoms with Crippen molar-refractivity contribution in [1.82, 2.24) is 0 Å². The molecule has 0 radical (unpaired) electrons. The summed E-state index contributed by atoms with van der Waals surface area (Å²) in [5.74, 6) is 0. The van der Waals surface area contributed by atoms with Crippen LogP contribution in [-0.4, -0.2) is 11.4 Å². The summed E-state index contributed by atoms with van der Waals surface area (Å²) >= 11 is 0. The van der Waals surface area contributed by atoms with E-state index in [0.29, 0.717) is 0 Å². The van der Waals surface area contributed by atoms with Gasteiger partial charge >= 0.3 is 0 Å². The summed E-state index contributed by atoms with van der Waals surface area (Å²) < 4.78 is 0. The second kappa shape index (κ2) is 3.40. The third kappa shape index (κ3) is 1.59. The van der Waals surface area contributed by atoms with Crippen LogP contribution in [-0.2, 0) is 0 Å². The Bertz CT molecular complexity index is 170. The van der Waals surface area contributed by atoms with Gasteiger partial charge in [-0.25, -0.2) is 0 Å². The summed E-state index contributed by atoms with van der Waals surface area (Å²) in [6.07, 6.45) is 6.33. The lowest BCUT2D eigenvalue weighted by Gasteiger charge is -2.12. The predicted molar refractivity (Wildman–Crippen MR) is 41.4 cm³/mol. The van der Waals surface area contributed by atoms with Crippen molar-refractivity contribution in [3.8, 4) is 0 Å². The Balaban J connectivity index is 2.68. The van der Waals surface area contributed by atoms with E-state index in [4.69, 9.17) is 5.21 Å². The standard InChI is InChI=1S/C8H13NO/c1-7-4-2-3-5-8(7)6-9-10/h6,10H,2-5H2,1H3/b9-6+. The molecule has 10 heavy (non-hydrogen) atoms. The minimum absolute atomic E-state index is 1.08.